The summed E-state index contributed by atoms with van der Waals surface area (Å²) in [6, 6.07) is 1.76. The van der Waals surface area contributed by atoms with Gasteiger partial charge in [-0.3, -0.25) is 4.68 Å². The van der Waals surface area contributed by atoms with E-state index in [9.17, 15) is 0 Å². The lowest BCUT2D eigenvalue weighted by Crippen LogP contribution is -2.19. The molecule has 0 spiro atoms. The molecule has 92 valence electrons. The highest BCUT2D eigenvalue weighted by Gasteiger charge is 2.18. The minimum absolute atomic E-state index is 0.242. The van der Waals surface area contributed by atoms with Crippen molar-refractivity contribution in [1.82, 2.24) is 9.78 Å². The fourth-order valence-corrected chi connectivity index (χ4v) is 2.60. The van der Waals surface area contributed by atoms with Crippen molar-refractivity contribution >= 4 is 22.9 Å². The van der Waals surface area contributed by atoms with Crippen molar-refractivity contribution in [3.8, 4) is 0 Å². The Bertz CT molecular complexity index is 469. The van der Waals surface area contributed by atoms with Gasteiger partial charge in [0.15, 0.2) is 0 Å². The van der Waals surface area contributed by atoms with E-state index in [0.29, 0.717) is 18.2 Å². The highest BCUT2D eigenvalue weighted by molar-refractivity contribution is 7.08. The lowest BCUT2D eigenvalue weighted by atomic mass is 10.1. The topological polar surface area (TPSA) is 53.1 Å². The van der Waals surface area contributed by atoms with E-state index in [4.69, 9.17) is 22.1 Å². The Balaban J connectivity index is 2.27. The Hall–Kier alpha value is -0.880. The maximum atomic E-state index is 6.20. The van der Waals surface area contributed by atoms with Crippen LogP contribution in [0.2, 0.25) is 5.02 Å². The van der Waals surface area contributed by atoms with Crippen LogP contribution in [0.5, 0.6) is 0 Å². The third-order valence-electron chi connectivity index (χ3n) is 2.54. The van der Waals surface area contributed by atoms with Gasteiger partial charge >= 0.3 is 0 Å². The summed E-state index contributed by atoms with van der Waals surface area (Å²) in [5.41, 5.74) is 8.09. The van der Waals surface area contributed by atoms with E-state index in [1.165, 1.54) is 0 Å². The van der Waals surface area contributed by atoms with E-state index in [2.05, 4.69) is 5.10 Å². The summed E-state index contributed by atoms with van der Waals surface area (Å²) in [5, 5.41) is 8.83. The number of thiophene rings is 1. The maximum Gasteiger partial charge on any atom is 0.0837 e. The van der Waals surface area contributed by atoms with E-state index >= 15 is 0 Å². The first kappa shape index (κ1) is 12.6. The van der Waals surface area contributed by atoms with Crippen LogP contribution in [0.3, 0.4) is 0 Å². The summed E-state index contributed by atoms with van der Waals surface area (Å²) in [6.07, 6.45) is 1.62. The zero-order valence-corrected chi connectivity index (χ0v) is 11.0. The second-order valence-electron chi connectivity index (χ2n) is 3.63. The lowest BCUT2D eigenvalue weighted by Gasteiger charge is -2.13. The van der Waals surface area contributed by atoms with Gasteiger partial charge in [0, 0.05) is 7.11 Å². The van der Waals surface area contributed by atoms with Crippen molar-refractivity contribution in [2.75, 3.05) is 13.7 Å². The highest BCUT2D eigenvalue weighted by atomic mass is 35.5. The van der Waals surface area contributed by atoms with E-state index in [1.54, 1.807) is 29.3 Å². The highest BCUT2D eigenvalue weighted by Crippen LogP contribution is 2.27. The molecule has 2 rings (SSSR count). The van der Waals surface area contributed by atoms with Crippen molar-refractivity contribution in [3.05, 3.63) is 39.3 Å². The molecule has 17 heavy (non-hydrogen) atoms. The van der Waals surface area contributed by atoms with E-state index in [-0.39, 0.29) is 6.04 Å². The molecule has 2 N–H and O–H groups in total. The number of aromatic nitrogens is 2. The zero-order chi connectivity index (χ0) is 12.3. The van der Waals surface area contributed by atoms with Crippen LogP contribution in [0.15, 0.2) is 23.0 Å². The molecule has 0 aliphatic carbocycles. The molecule has 0 aromatic carbocycles. The molecule has 0 aliphatic rings. The number of methoxy groups -OCH3 is 1. The number of rotatable bonds is 5. The van der Waals surface area contributed by atoms with Crippen molar-refractivity contribution in [2.45, 2.75) is 12.6 Å². The van der Waals surface area contributed by atoms with Crippen molar-refractivity contribution in [2.24, 2.45) is 5.73 Å². The standard InChI is InChI=1S/C11H14ClN3OS/c1-16-4-3-15-11(9(12)6-14-15)10(13)8-2-5-17-7-8/h2,5-7,10H,3-4,13H2,1H3. The molecule has 0 saturated carbocycles. The molecule has 6 heteroatoms. The van der Waals surface area contributed by atoms with Crippen molar-refractivity contribution < 1.29 is 4.74 Å². The monoisotopic (exact) mass is 271 g/mol. The maximum absolute atomic E-state index is 6.20. The number of hydrogen-bond donors (Lipinski definition) is 1. The average Bonchev–Trinajstić information content (AvgIpc) is 2.95. The van der Waals surface area contributed by atoms with Gasteiger partial charge in [-0.05, 0) is 22.4 Å². The molecular weight excluding hydrogens is 258 g/mol. The SMILES string of the molecule is COCCn1ncc(Cl)c1C(N)c1ccsc1. The first-order valence-electron chi connectivity index (χ1n) is 5.22. The van der Waals surface area contributed by atoms with E-state index < -0.39 is 0 Å². The molecule has 0 radical (unpaired) electrons. The number of nitrogens with zero attached hydrogens (tertiary/aromatic N) is 2. The largest absolute Gasteiger partial charge is 0.383 e. The second kappa shape index (κ2) is 5.64. The Morgan fingerprint density at radius 3 is 3.12 bits per heavy atom. The quantitative estimate of drug-likeness (QED) is 0.908. The molecule has 0 bridgehead atoms. The van der Waals surface area contributed by atoms with Gasteiger partial charge in [0.25, 0.3) is 0 Å². The molecule has 1 atom stereocenters. The van der Waals surface area contributed by atoms with Gasteiger partial charge in [-0.15, -0.1) is 0 Å². The molecule has 0 saturated heterocycles. The molecular formula is C11H14ClN3OS. The van der Waals surface area contributed by atoms with Crippen LogP contribution in [-0.2, 0) is 11.3 Å². The summed E-state index contributed by atoms with van der Waals surface area (Å²) < 4.78 is 6.84. The third-order valence-corrected chi connectivity index (χ3v) is 3.53. The summed E-state index contributed by atoms with van der Waals surface area (Å²) in [6.45, 7) is 1.23. The number of nitrogens with two attached hydrogens (primary N) is 1. The summed E-state index contributed by atoms with van der Waals surface area (Å²) in [4.78, 5) is 0. The normalized spacial score (nSPS) is 12.9. The van der Waals surface area contributed by atoms with Gasteiger partial charge in [-0.2, -0.15) is 16.4 Å². The molecule has 0 amide bonds. The third kappa shape index (κ3) is 2.69. The minimum atomic E-state index is -0.242. The van der Waals surface area contributed by atoms with Crippen LogP contribution in [0.1, 0.15) is 17.3 Å². The Morgan fingerprint density at radius 1 is 1.65 bits per heavy atom. The second-order valence-corrected chi connectivity index (χ2v) is 4.82. The van der Waals surface area contributed by atoms with E-state index in [1.807, 2.05) is 16.8 Å². The smallest absolute Gasteiger partial charge is 0.0837 e. The molecule has 2 aromatic heterocycles. The van der Waals surface area contributed by atoms with Crippen LogP contribution in [0.25, 0.3) is 0 Å². The summed E-state index contributed by atoms with van der Waals surface area (Å²) >= 11 is 7.75. The number of hydrogen-bond acceptors (Lipinski definition) is 4. The number of halogens is 1. The van der Waals surface area contributed by atoms with E-state index in [0.717, 1.165) is 11.3 Å². The Kier molecular flexibility index (Phi) is 4.17. The Labute approximate surface area is 109 Å². The molecule has 0 fully saturated rings. The van der Waals surface area contributed by atoms with Gasteiger partial charge in [0.1, 0.15) is 0 Å². The van der Waals surface area contributed by atoms with Gasteiger partial charge in [-0.25, -0.2) is 0 Å². The van der Waals surface area contributed by atoms with Crippen LogP contribution in [-0.4, -0.2) is 23.5 Å². The minimum Gasteiger partial charge on any atom is -0.383 e. The molecule has 1 unspecified atom stereocenters. The first-order valence-corrected chi connectivity index (χ1v) is 6.54. The van der Waals surface area contributed by atoms with Gasteiger partial charge < -0.3 is 10.5 Å². The average molecular weight is 272 g/mol. The first-order chi connectivity index (χ1) is 8.24. The molecule has 2 heterocycles. The Morgan fingerprint density at radius 2 is 2.47 bits per heavy atom. The van der Waals surface area contributed by atoms with Gasteiger partial charge in [0.2, 0.25) is 0 Å². The van der Waals surface area contributed by atoms with Crippen LogP contribution >= 0.6 is 22.9 Å². The molecule has 4 nitrogen and oxygen atoms in total. The van der Waals surface area contributed by atoms with Crippen LogP contribution in [0.4, 0.5) is 0 Å². The van der Waals surface area contributed by atoms with Crippen molar-refractivity contribution in [3.63, 3.8) is 0 Å². The van der Waals surface area contributed by atoms with Gasteiger partial charge in [-0.1, -0.05) is 11.6 Å². The fourth-order valence-electron chi connectivity index (χ4n) is 1.65. The van der Waals surface area contributed by atoms with Crippen LogP contribution in [0, 0.1) is 0 Å². The van der Waals surface area contributed by atoms with Gasteiger partial charge in [0.05, 0.1) is 36.1 Å². The fraction of sp³-hybridized carbons (Fsp3) is 0.364. The predicted octanol–water partition coefficient (Wildman–Crippen LogP) is 2.29. The molecule has 0 aliphatic heterocycles. The van der Waals surface area contributed by atoms with Crippen molar-refractivity contribution in [1.29, 1.82) is 0 Å². The zero-order valence-electron chi connectivity index (χ0n) is 9.47. The number of ether oxygens (including phenoxy) is 1. The molecule has 2 aromatic rings. The lowest BCUT2D eigenvalue weighted by molar-refractivity contribution is 0.182. The summed E-state index contributed by atoms with van der Waals surface area (Å²) in [5.74, 6) is 0. The van der Waals surface area contributed by atoms with Crippen LogP contribution < -0.4 is 5.73 Å². The summed E-state index contributed by atoms with van der Waals surface area (Å²) in [7, 11) is 1.66. The predicted molar refractivity (Wildman–Crippen MR) is 69.5 cm³/mol.